The Hall–Kier alpha value is -1.30. The minimum absolute atomic E-state index is 0.154. The summed E-state index contributed by atoms with van der Waals surface area (Å²) < 4.78 is 11.3. The van der Waals surface area contributed by atoms with Gasteiger partial charge in [-0.1, -0.05) is 11.6 Å². The normalized spacial score (nSPS) is 21.3. The lowest BCUT2D eigenvalue weighted by atomic mass is 9.90. The number of amides is 1. The van der Waals surface area contributed by atoms with E-state index in [1.54, 1.807) is 4.90 Å². The third-order valence-corrected chi connectivity index (χ3v) is 4.54. The zero-order chi connectivity index (χ0) is 17.3. The number of hydrogen-bond acceptors (Lipinski definition) is 4. The molecule has 0 spiro atoms. The van der Waals surface area contributed by atoms with Crippen molar-refractivity contribution in [2.24, 2.45) is 0 Å². The molecule has 0 bridgehead atoms. The molecular formula is C18H25ClN2O3. The first kappa shape index (κ1) is 17.5. The standard InChI is InChI=1S/C18H25ClN2O3/c1-18(2,3)24-17(22)21-6-7-23-11-16(21)15-9-13(19)8-12-10-20-5-4-14(12)15/h8-9,16,20H,4-7,10-11H2,1-3H3. The number of hydrogen-bond donors (Lipinski definition) is 1. The zero-order valence-corrected chi connectivity index (χ0v) is 15.3. The SMILES string of the molecule is CC(C)(C)OC(=O)N1CCOCC1c1cc(Cl)cc2c1CCNC2. The van der Waals surface area contributed by atoms with E-state index >= 15 is 0 Å². The third kappa shape index (κ3) is 3.85. The molecule has 1 unspecified atom stereocenters. The minimum atomic E-state index is -0.516. The molecule has 0 aromatic heterocycles. The average Bonchev–Trinajstić information content (AvgIpc) is 2.52. The molecular weight excluding hydrogens is 328 g/mol. The van der Waals surface area contributed by atoms with Crippen molar-refractivity contribution in [3.05, 3.63) is 33.8 Å². The molecule has 1 fully saturated rings. The summed E-state index contributed by atoms with van der Waals surface area (Å²) in [6.45, 7) is 8.91. The van der Waals surface area contributed by atoms with E-state index in [1.807, 2.05) is 32.9 Å². The van der Waals surface area contributed by atoms with Gasteiger partial charge in [0.15, 0.2) is 0 Å². The summed E-state index contributed by atoms with van der Waals surface area (Å²) in [5.41, 5.74) is 3.06. The fourth-order valence-electron chi connectivity index (χ4n) is 3.31. The van der Waals surface area contributed by atoms with Crippen molar-refractivity contribution in [1.82, 2.24) is 10.2 Å². The molecule has 1 aromatic carbocycles. The van der Waals surface area contributed by atoms with Crippen LogP contribution in [0, 0.1) is 0 Å². The van der Waals surface area contributed by atoms with E-state index in [1.165, 1.54) is 11.1 Å². The highest BCUT2D eigenvalue weighted by atomic mass is 35.5. The summed E-state index contributed by atoms with van der Waals surface area (Å²) in [4.78, 5) is 14.4. The Bertz CT molecular complexity index is 627. The van der Waals surface area contributed by atoms with Crippen molar-refractivity contribution < 1.29 is 14.3 Å². The molecule has 6 heteroatoms. The number of morpholine rings is 1. The maximum Gasteiger partial charge on any atom is 0.410 e. The van der Waals surface area contributed by atoms with Crippen LogP contribution < -0.4 is 5.32 Å². The molecule has 24 heavy (non-hydrogen) atoms. The molecule has 2 aliphatic rings. The Kier molecular flexibility index (Phi) is 5.04. The number of rotatable bonds is 1. The van der Waals surface area contributed by atoms with E-state index < -0.39 is 5.60 Å². The molecule has 132 valence electrons. The number of benzene rings is 1. The first-order chi connectivity index (χ1) is 11.3. The van der Waals surface area contributed by atoms with E-state index in [0.717, 1.165) is 25.1 Å². The van der Waals surface area contributed by atoms with E-state index in [9.17, 15) is 4.79 Å². The van der Waals surface area contributed by atoms with Crippen LogP contribution in [0.1, 0.15) is 43.5 Å². The van der Waals surface area contributed by atoms with Gasteiger partial charge in [-0.15, -0.1) is 0 Å². The number of fused-ring (bicyclic) bond motifs is 1. The summed E-state index contributed by atoms with van der Waals surface area (Å²) in [7, 11) is 0. The van der Waals surface area contributed by atoms with Crippen molar-refractivity contribution >= 4 is 17.7 Å². The molecule has 2 heterocycles. The van der Waals surface area contributed by atoms with Crippen LogP contribution in [0.2, 0.25) is 5.02 Å². The molecule has 1 saturated heterocycles. The Labute approximate surface area is 148 Å². The monoisotopic (exact) mass is 352 g/mol. The third-order valence-electron chi connectivity index (χ3n) is 4.32. The Morgan fingerprint density at radius 1 is 1.42 bits per heavy atom. The topological polar surface area (TPSA) is 50.8 Å². The van der Waals surface area contributed by atoms with Gasteiger partial charge in [0.1, 0.15) is 5.60 Å². The van der Waals surface area contributed by atoms with Crippen LogP contribution in [-0.2, 0) is 22.4 Å². The first-order valence-electron chi connectivity index (χ1n) is 8.44. The summed E-state index contributed by atoms with van der Waals surface area (Å²) >= 11 is 6.33. The number of nitrogens with zero attached hydrogens (tertiary/aromatic N) is 1. The van der Waals surface area contributed by atoms with E-state index in [2.05, 4.69) is 5.32 Å². The zero-order valence-electron chi connectivity index (χ0n) is 14.5. The van der Waals surface area contributed by atoms with Gasteiger partial charge in [-0.3, -0.25) is 4.90 Å². The number of halogens is 1. The number of ether oxygens (including phenoxy) is 2. The van der Waals surface area contributed by atoms with Gasteiger partial charge in [-0.25, -0.2) is 4.79 Å². The van der Waals surface area contributed by atoms with E-state index in [-0.39, 0.29) is 12.1 Å². The molecule has 0 aliphatic carbocycles. The van der Waals surface area contributed by atoms with Crippen molar-refractivity contribution in [2.75, 3.05) is 26.3 Å². The highest BCUT2D eigenvalue weighted by molar-refractivity contribution is 6.30. The van der Waals surface area contributed by atoms with E-state index in [4.69, 9.17) is 21.1 Å². The lowest BCUT2D eigenvalue weighted by Gasteiger charge is -2.38. The maximum absolute atomic E-state index is 12.7. The van der Waals surface area contributed by atoms with Gasteiger partial charge in [-0.2, -0.15) is 0 Å². The van der Waals surface area contributed by atoms with Crippen molar-refractivity contribution in [3.8, 4) is 0 Å². The van der Waals surface area contributed by atoms with Crippen LogP contribution in [0.5, 0.6) is 0 Å². The highest BCUT2D eigenvalue weighted by Crippen LogP contribution is 2.33. The van der Waals surface area contributed by atoms with Gasteiger partial charge in [-0.05, 0) is 62.6 Å². The smallest absolute Gasteiger partial charge is 0.410 e. The molecule has 1 atom stereocenters. The van der Waals surface area contributed by atoms with Crippen LogP contribution >= 0.6 is 11.6 Å². The average molecular weight is 353 g/mol. The predicted molar refractivity (Wildman–Crippen MR) is 93.4 cm³/mol. The maximum atomic E-state index is 12.7. The molecule has 1 aromatic rings. The molecule has 0 saturated carbocycles. The Morgan fingerprint density at radius 3 is 2.96 bits per heavy atom. The van der Waals surface area contributed by atoms with Crippen LogP contribution in [0.4, 0.5) is 4.79 Å². The number of carbonyl (C=O) groups excluding carboxylic acids is 1. The summed E-state index contributed by atoms with van der Waals surface area (Å²) in [5, 5.41) is 4.06. The van der Waals surface area contributed by atoms with Crippen molar-refractivity contribution in [2.45, 2.75) is 45.4 Å². The largest absolute Gasteiger partial charge is 0.444 e. The fourth-order valence-corrected chi connectivity index (χ4v) is 3.56. The molecule has 0 radical (unpaired) electrons. The molecule has 1 amide bonds. The molecule has 5 nitrogen and oxygen atoms in total. The number of nitrogens with one attached hydrogen (secondary N) is 1. The van der Waals surface area contributed by atoms with Gasteiger partial charge in [0.2, 0.25) is 0 Å². The summed E-state index contributed by atoms with van der Waals surface area (Å²) in [6.07, 6.45) is 0.638. The van der Waals surface area contributed by atoms with Crippen LogP contribution in [0.3, 0.4) is 0 Å². The molecule has 2 aliphatic heterocycles. The van der Waals surface area contributed by atoms with E-state index in [0.29, 0.717) is 24.8 Å². The Balaban J connectivity index is 1.94. The molecule has 1 N–H and O–H groups in total. The predicted octanol–water partition coefficient (Wildman–Crippen LogP) is 3.29. The summed E-state index contributed by atoms with van der Waals surface area (Å²) in [5.74, 6) is 0. The van der Waals surface area contributed by atoms with Crippen molar-refractivity contribution in [1.29, 1.82) is 0 Å². The highest BCUT2D eigenvalue weighted by Gasteiger charge is 2.34. The van der Waals surface area contributed by atoms with Crippen LogP contribution in [0.15, 0.2) is 12.1 Å². The quantitative estimate of drug-likeness (QED) is 0.842. The van der Waals surface area contributed by atoms with Gasteiger partial charge in [0.25, 0.3) is 0 Å². The van der Waals surface area contributed by atoms with Crippen LogP contribution in [-0.4, -0.2) is 42.9 Å². The fraction of sp³-hybridized carbons (Fsp3) is 0.611. The summed E-state index contributed by atoms with van der Waals surface area (Å²) in [6, 6.07) is 3.83. The second-order valence-electron chi connectivity index (χ2n) is 7.32. The van der Waals surface area contributed by atoms with Gasteiger partial charge >= 0.3 is 6.09 Å². The minimum Gasteiger partial charge on any atom is -0.444 e. The molecule has 3 rings (SSSR count). The van der Waals surface area contributed by atoms with Crippen molar-refractivity contribution in [3.63, 3.8) is 0 Å². The lowest BCUT2D eigenvalue weighted by Crippen LogP contribution is -2.46. The van der Waals surface area contributed by atoms with Crippen LogP contribution in [0.25, 0.3) is 0 Å². The second-order valence-corrected chi connectivity index (χ2v) is 7.76. The van der Waals surface area contributed by atoms with Gasteiger partial charge < -0.3 is 14.8 Å². The van der Waals surface area contributed by atoms with Gasteiger partial charge in [0, 0.05) is 18.1 Å². The first-order valence-corrected chi connectivity index (χ1v) is 8.82. The lowest BCUT2D eigenvalue weighted by molar-refractivity contribution is -0.0333. The van der Waals surface area contributed by atoms with Gasteiger partial charge in [0.05, 0.1) is 19.3 Å². The second kappa shape index (κ2) is 6.90. The Morgan fingerprint density at radius 2 is 2.21 bits per heavy atom. The number of carbonyl (C=O) groups is 1.